The van der Waals surface area contributed by atoms with Crippen LogP contribution in [-0.4, -0.2) is 74.9 Å². The minimum atomic E-state index is -1.06. The van der Waals surface area contributed by atoms with E-state index in [1.807, 2.05) is 0 Å². The van der Waals surface area contributed by atoms with E-state index in [4.69, 9.17) is 18.9 Å². The molecule has 1 aromatic rings. The zero-order valence-electron chi connectivity index (χ0n) is 17.1. The van der Waals surface area contributed by atoms with Gasteiger partial charge in [0, 0.05) is 31.4 Å². The van der Waals surface area contributed by atoms with Crippen LogP contribution in [0.15, 0.2) is 24.3 Å². The van der Waals surface area contributed by atoms with Crippen molar-refractivity contribution in [2.75, 3.05) is 46.9 Å². The Bertz CT molecular complexity index is 666. The molecular formula is C19H28N2O9. The van der Waals surface area contributed by atoms with Gasteiger partial charge in [0.05, 0.1) is 43.3 Å². The molecule has 1 rings (SSSR count). The van der Waals surface area contributed by atoms with Crippen molar-refractivity contribution in [3.63, 3.8) is 0 Å². The fraction of sp³-hybridized carbons (Fsp3) is 0.579. The molecule has 0 unspecified atom stereocenters. The van der Waals surface area contributed by atoms with E-state index in [1.165, 1.54) is 31.4 Å². The second kappa shape index (κ2) is 14.4. The molecule has 0 aromatic heterocycles. The predicted molar refractivity (Wildman–Crippen MR) is 105 cm³/mol. The lowest BCUT2D eigenvalue weighted by Crippen LogP contribution is -2.41. The van der Waals surface area contributed by atoms with E-state index in [-0.39, 0.29) is 44.3 Å². The molecule has 0 radical (unpaired) electrons. The number of carbonyl (C=O) groups excluding carboxylic acids is 1. The lowest BCUT2D eigenvalue weighted by Gasteiger charge is -2.22. The Morgan fingerprint density at radius 3 is 2.40 bits per heavy atom. The van der Waals surface area contributed by atoms with Crippen LogP contribution in [0.5, 0.6) is 0 Å². The van der Waals surface area contributed by atoms with Crippen LogP contribution < -0.4 is 5.32 Å². The molecule has 0 aliphatic rings. The minimum absolute atomic E-state index is 0.00246. The number of carboxylic acid groups (broad SMARTS) is 1. The number of methoxy groups -OCH3 is 1. The molecule has 0 fully saturated rings. The average molecular weight is 428 g/mol. The summed E-state index contributed by atoms with van der Waals surface area (Å²) in [6, 6.07) is 4.46. The zero-order valence-corrected chi connectivity index (χ0v) is 17.1. The molecule has 0 aliphatic carbocycles. The Morgan fingerprint density at radius 2 is 1.83 bits per heavy atom. The topological polar surface area (TPSA) is 146 Å². The summed E-state index contributed by atoms with van der Waals surface area (Å²) in [7, 11) is 1.51. The number of nitrogens with zero attached hydrogens (tertiary/aromatic N) is 1. The Hall–Kier alpha value is -2.60. The fourth-order valence-corrected chi connectivity index (χ4v) is 2.46. The Kier molecular flexibility index (Phi) is 12.2. The lowest BCUT2D eigenvalue weighted by atomic mass is 10.0. The maximum Gasteiger partial charge on any atom is 0.308 e. The van der Waals surface area contributed by atoms with Crippen molar-refractivity contribution >= 4 is 17.6 Å². The summed E-state index contributed by atoms with van der Waals surface area (Å²) < 4.78 is 20.6. The molecule has 1 amide bonds. The second-order valence-electron chi connectivity index (χ2n) is 6.29. The number of amides is 1. The standard InChI is InChI=1S/C19H28N2O9/c1-3-28-13-30-12-16(10-15(19(23)24)11-29-9-8-27-2)20-18(22)14-4-6-17(7-5-14)21(25)26/h4-7,15-16H,3,8-13H2,1-2H3,(H,20,22)(H,23,24)/t15-,16+/m1/s1. The van der Waals surface area contributed by atoms with Gasteiger partial charge < -0.3 is 29.4 Å². The van der Waals surface area contributed by atoms with Crippen LogP contribution in [0, 0.1) is 16.0 Å². The molecule has 0 bridgehead atoms. The summed E-state index contributed by atoms with van der Waals surface area (Å²) >= 11 is 0. The van der Waals surface area contributed by atoms with Crippen LogP contribution >= 0.6 is 0 Å². The number of hydrogen-bond acceptors (Lipinski definition) is 8. The molecule has 0 heterocycles. The number of nitrogens with one attached hydrogen (secondary N) is 1. The predicted octanol–water partition coefficient (Wildman–Crippen LogP) is 1.46. The number of hydrogen-bond donors (Lipinski definition) is 2. The zero-order chi connectivity index (χ0) is 22.4. The van der Waals surface area contributed by atoms with Crippen molar-refractivity contribution in [1.29, 1.82) is 0 Å². The maximum atomic E-state index is 12.5. The van der Waals surface area contributed by atoms with E-state index in [1.54, 1.807) is 6.92 Å². The van der Waals surface area contributed by atoms with E-state index >= 15 is 0 Å². The molecular weight excluding hydrogens is 400 g/mol. The van der Waals surface area contributed by atoms with Crippen LogP contribution in [-0.2, 0) is 23.7 Å². The highest BCUT2D eigenvalue weighted by molar-refractivity contribution is 5.94. The van der Waals surface area contributed by atoms with Gasteiger partial charge in [-0.3, -0.25) is 19.7 Å². The number of nitro groups is 1. The largest absolute Gasteiger partial charge is 0.481 e. The lowest BCUT2D eigenvalue weighted by molar-refractivity contribution is -0.384. The molecule has 11 heteroatoms. The van der Waals surface area contributed by atoms with Crippen molar-refractivity contribution < 1.29 is 38.6 Å². The highest BCUT2D eigenvalue weighted by Gasteiger charge is 2.25. The van der Waals surface area contributed by atoms with Crippen molar-refractivity contribution in [3.8, 4) is 0 Å². The summed E-state index contributed by atoms with van der Waals surface area (Å²) in [6.45, 7) is 2.82. The SMILES string of the molecule is CCOCOC[C@H](C[C@H](COCCOC)C(=O)O)NC(=O)c1ccc([N+](=O)[O-])cc1. The Labute approximate surface area is 174 Å². The molecule has 2 atom stereocenters. The molecule has 1 aromatic carbocycles. The smallest absolute Gasteiger partial charge is 0.308 e. The summed E-state index contributed by atoms with van der Waals surface area (Å²) in [5, 5.41) is 22.9. The number of non-ortho nitro benzene ring substituents is 1. The second-order valence-corrected chi connectivity index (χ2v) is 6.29. The van der Waals surface area contributed by atoms with E-state index in [0.29, 0.717) is 13.2 Å². The molecule has 0 aliphatic heterocycles. The van der Waals surface area contributed by atoms with Gasteiger partial charge in [-0.05, 0) is 25.5 Å². The summed E-state index contributed by atoms with van der Waals surface area (Å²) in [4.78, 5) is 34.3. The summed E-state index contributed by atoms with van der Waals surface area (Å²) in [6.07, 6.45) is 0.0627. The van der Waals surface area contributed by atoms with E-state index < -0.39 is 28.8 Å². The van der Waals surface area contributed by atoms with E-state index in [2.05, 4.69) is 5.32 Å². The third-order valence-electron chi connectivity index (χ3n) is 4.03. The summed E-state index contributed by atoms with van der Waals surface area (Å²) in [5.41, 5.74) is 0.0703. The van der Waals surface area contributed by atoms with Gasteiger partial charge in [0.25, 0.3) is 11.6 Å². The Morgan fingerprint density at radius 1 is 1.13 bits per heavy atom. The number of rotatable bonds is 16. The molecule has 11 nitrogen and oxygen atoms in total. The molecule has 168 valence electrons. The van der Waals surface area contributed by atoms with Crippen LogP contribution in [0.3, 0.4) is 0 Å². The third kappa shape index (κ3) is 9.74. The van der Waals surface area contributed by atoms with Gasteiger partial charge in [0.1, 0.15) is 6.79 Å². The molecule has 0 spiro atoms. The van der Waals surface area contributed by atoms with Crippen molar-refractivity contribution in [3.05, 3.63) is 39.9 Å². The molecule has 0 saturated carbocycles. The average Bonchev–Trinajstić information content (AvgIpc) is 2.72. The van der Waals surface area contributed by atoms with Gasteiger partial charge in [0.2, 0.25) is 0 Å². The first-order valence-corrected chi connectivity index (χ1v) is 9.39. The highest BCUT2D eigenvalue weighted by atomic mass is 16.7. The number of ether oxygens (including phenoxy) is 4. The summed E-state index contributed by atoms with van der Waals surface area (Å²) in [5.74, 6) is -2.44. The number of carbonyl (C=O) groups is 2. The first-order valence-electron chi connectivity index (χ1n) is 9.39. The van der Waals surface area contributed by atoms with Crippen molar-refractivity contribution in [2.24, 2.45) is 5.92 Å². The number of benzene rings is 1. The van der Waals surface area contributed by atoms with Gasteiger partial charge in [-0.2, -0.15) is 0 Å². The molecule has 30 heavy (non-hydrogen) atoms. The van der Waals surface area contributed by atoms with Crippen LogP contribution in [0.25, 0.3) is 0 Å². The van der Waals surface area contributed by atoms with Gasteiger partial charge in [-0.25, -0.2) is 0 Å². The fourth-order valence-electron chi connectivity index (χ4n) is 2.46. The highest BCUT2D eigenvalue weighted by Crippen LogP contribution is 2.14. The van der Waals surface area contributed by atoms with Gasteiger partial charge in [-0.1, -0.05) is 0 Å². The van der Waals surface area contributed by atoms with Crippen LogP contribution in [0.2, 0.25) is 0 Å². The van der Waals surface area contributed by atoms with E-state index in [0.717, 1.165) is 0 Å². The van der Waals surface area contributed by atoms with Crippen molar-refractivity contribution in [1.82, 2.24) is 5.32 Å². The molecule has 2 N–H and O–H groups in total. The first-order chi connectivity index (χ1) is 14.4. The number of nitro benzene ring substituents is 1. The Balaban J connectivity index is 2.77. The minimum Gasteiger partial charge on any atom is -0.481 e. The van der Waals surface area contributed by atoms with E-state index in [9.17, 15) is 24.8 Å². The van der Waals surface area contributed by atoms with Crippen LogP contribution in [0.1, 0.15) is 23.7 Å². The van der Waals surface area contributed by atoms with Crippen molar-refractivity contribution in [2.45, 2.75) is 19.4 Å². The maximum absolute atomic E-state index is 12.5. The van der Waals surface area contributed by atoms with Gasteiger partial charge in [0.15, 0.2) is 0 Å². The third-order valence-corrected chi connectivity index (χ3v) is 4.03. The number of aliphatic carboxylic acids is 1. The normalized spacial score (nSPS) is 12.9. The molecule has 0 saturated heterocycles. The quantitative estimate of drug-likeness (QED) is 0.173. The van der Waals surface area contributed by atoms with Crippen LogP contribution in [0.4, 0.5) is 5.69 Å². The first kappa shape index (κ1) is 25.4. The number of carboxylic acids is 1. The monoisotopic (exact) mass is 428 g/mol. The van der Waals surface area contributed by atoms with Gasteiger partial charge in [-0.15, -0.1) is 0 Å². The van der Waals surface area contributed by atoms with Gasteiger partial charge >= 0.3 is 5.97 Å².